The zero-order chi connectivity index (χ0) is 20.7. The Hall–Kier alpha value is -4.06. The van der Waals surface area contributed by atoms with Gasteiger partial charge >= 0.3 is 0 Å². The van der Waals surface area contributed by atoms with Crippen LogP contribution in [0.15, 0.2) is 78.9 Å². The molecule has 5 rings (SSSR count). The third-order valence-electron chi connectivity index (χ3n) is 5.25. The molecule has 0 unspecified atom stereocenters. The van der Waals surface area contributed by atoms with Crippen LogP contribution in [-0.4, -0.2) is 21.4 Å². The summed E-state index contributed by atoms with van der Waals surface area (Å²) < 4.78 is 15.0. The summed E-state index contributed by atoms with van der Waals surface area (Å²) in [5.41, 5.74) is 13.6. The van der Waals surface area contributed by atoms with Crippen molar-refractivity contribution >= 4 is 22.6 Å². The first-order valence-corrected chi connectivity index (χ1v) is 9.55. The number of nitrogens with zero attached hydrogens (tertiary/aromatic N) is 2. The van der Waals surface area contributed by atoms with Gasteiger partial charge in [-0.1, -0.05) is 36.4 Å². The number of nitrogens with one attached hydrogen (secondary N) is 1. The minimum Gasteiger partial charge on any atom is -0.285 e. The van der Waals surface area contributed by atoms with Gasteiger partial charge in [0.25, 0.3) is 11.7 Å². The van der Waals surface area contributed by atoms with Crippen LogP contribution in [0.25, 0.3) is 22.2 Å². The van der Waals surface area contributed by atoms with Crippen LogP contribution >= 0.6 is 0 Å². The number of amides is 1. The highest BCUT2D eigenvalue weighted by atomic mass is 19.1. The van der Waals surface area contributed by atoms with Crippen molar-refractivity contribution in [3.05, 3.63) is 101 Å². The SMILES string of the molecule is NC1=[N+](NC(=O)c2cc(-c3ccc(F)cc3)nc3ccccc23)Cc2ccccc21. The van der Waals surface area contributed by atoms with E-state index in [1.165, 1.54) is 12.1 Å². The molecule has 1 aliphatic heterocycles. The molecule has 30 heavy (non-hydrogen) atoms. The zero-order valence-electron chi connectivity index (χ0n) is 16.0. The van der Waals surface area contributed by atoms with Crippen molar-refractivity contribution in [3.63, 3.8) is 0 Å². The average molecular weight is 397 g/mol. The lowest BCUT2D eigenvalue weighted by molar-refractivity contribution is -0.584. The van der Waals surface area contributed by atoms with Crippen LogP contribution in [0.3, 0.4) is 0 Å². The number of para-hydroxylation sites is 1. The maximum Gasteiger partial charge on any atom is 0.299 e. The molecule has 0 spiro atoms. The van der Waals surface area contributed by atoms with Crippen molar-refractivity contribution in [1.29, 1.82) is 0 Å². The fraction of sp³-hybridized carbons (Fsp3) is 0.0417. The van der Waals surface area contributed by atoms with Crippen LogP contribution in [0.2, 0.25) is 0 Å². The number of carbonyl (C=O) groups is 1. The molecule has 0 saturated heterocycles. The van der Waals surface area contributed by atoms with E-state index in [2.05, 4.69) is 10.4 Å². The Kier molecular flexibility index (Phi) is 4.25. The summed E-state index contributed by atoms with van der Waals surface area (Å²) in [4.78, 5) is 17.9. The van der Waals surface area contributed by atoms with Crippen LogP contribution in [0.5, 0.6) is 0 Å². The highest BCUT2D eigenvalue weighted by molar-refractivity contribution is 6.07. The maximum atomic E-state index is 13.3. The minimum atomic E-state index is -0.322. The quantitative estimate of drug-likeness (QED) is 0.519. The number of aromatic nitrogens is 1. The van der Waals surface area contributed by atoms with Crippen LogP contribution in [0.1, 0.15) is 21.5 Å². The Morgan fingerprint density at radius 3 is 2.53 bits per heavy atom. The highest BCUT2D eigenvalue weighted by Crippen LogP contribution is 2.25. The molecule has 0 radical (unpaired) electrons. The molecule has 1 aliphatic rings. The van der Waals surface area contributed by atoms with E-state index >= 15 is 0 Å². The largest absolute Gasteiger partial charge is 0.299 e. The number of hydrazine groups is 1. The van der Waals surface area contributed by atoms with Crippen LogP contribution in [-0.2, 0) is 6.54 Å². The van der Waals surface area contributed by atoms with Gasteiger partial charge in [0, 0.05) is 16.5 Å². The molecule has 146 valence electrons. The molecule has 6 heteroatoms. The molecule has 2 heterocycles. The molecule has 3 N–H and O–H groups in total. The molecule has 0 fully saturated rings. The number of rotatable bonds is 3. The first kappa shape index (κ1) is 18.0. The van der Waals surface area contributed by atoms with Crippen molar-refractivity contribution in [2.45, 2.75) is 6.54 Å². The van der Waals surface area contributed by atoms with E-state index in [1.54, 1.807) is 22.9 Å². The van der Waals surface area contributed by atoms with E-state index in [0.717, 1.165) is 22.1 Å². The van der Waals surface area contributed by atoms with Crippen molar-refractivity contribution in [2.24, 2.45) is 5.73 Å². The molecule has 4 aromatic rings. The van der Waals surface area contributed by atoms with E-state index in [9.17, 15) is 9.18 Å². The Bertz CT molecular complexity index is 1330. The minimum absolute atomic E-state index is 0.285. The number of hydrogen-bond acceptors (Lipinski definition) is 3. The maximum absolute atomic E-state index is 13.3. The van der Waals surface area contributed by atoms with Crippen molar-refractivity contribution in [1.82, 2.24) is 10.4 Å². The molecule has 3 aromatic carbocycles. The van der Waals surface area contributed by atoms with Gasteiger partial charge in [-0.05, 0) is 42.5 Å². The summed E-state index contributed by atoms with van der Waals surface area (Å²) in [6, 6.07) is 23.0. The number of amidine groups is 1. The summed E-state index contributed by atoms with van der Waals surface area (Å²) in [6.45, 7) is 0.502. The van der Waals surface area contributed by atoms with Crippen molar-refractivity contribution in [2.75, 3.05) is 0 Å². The normalized spacial score (nSPS) is 12.8. The molecular formula is C24H18FN4O+. The van der Waals surface area contributed by atoms with Gasteiger partial charge in [0.05, 0.1) is 22.3 Å². The fourth-order valence-corrected chi connectivity index (χ4v) is 3.72. The summed E-state index contributed by atoms with van der Waals surface area (Å²) in [5, 5.41) is 0.733. The number of fused-ring (bicyclic) bond motifs is 2. The Balaban J connectivity index is 1.56. The summed E-state index contributed by atoms with van der Waals surface area (Å²) in [5.74, 6) is -0.0964. The molecule has 0 aliphatic carbocycles. The lowest BCUT2D eigenvalue weighted by atomic mass is 10.0. The van der Waals surface area contributed by atoms with Gasteiger partial charge in [0.2, 0.25) is 0 Å². The predicted molar refractivity (Wildman–Crippen MR) is 113 cm³/mol. The third kappa shape index (κ3) is 3.08. The topological polar surface area (TPSA) is 71.0 Å². The number of pyridine rings is 1. The monoisotopic (exact) mass is 397 g/mol. The number of nitrogens with two attached hydrogens (primary N) is 1. The first-order chi connectivity index (χ1) is 14.6. The number of hydrogen-bond donors (Lipinski definition) is 2. The number of halogens is 1. The molecule has 0 saturated carbocycles. The van der Waals surface area contributed by atoms with E-state index in [-0.39, 0.29) is 11.7 Å². The fourth-order valence-electron chi connectivity index (χ4n) is 3.72. The predicted octanol–water partition coefficient (Wildman–Crippen LogP) is 3.62. The standard InChI is InChI=1S/C24H17FN4O/c25-17-11-9-15(10-12-17)22-13-20(19-7-3-4-8-21(19)27-22)24(30)28-29-14-16-5-1-2-6-18(16)23(29)26/h1-13,26H,14H2,(H,28,30)/p+1. The van der Waals surface area contributed by atoms with E-state index in [0.29, 0.717) is 29.2 Å². The molecule has 1 aromatic heterocycles. The highest BCUT2D eigenvalue weighted by Gasteiger charge is 2.26. The van der Waals surface area contributed by atoms with Crippen molar-refractivity contribution < 1.29 is 13.9 Å². The Labute approximate surface area is 172 Å². The van der Waals surface area contributed by atoms with Gasteiger partial charge in [0.15, 0.2) is 0 Å². The second-order valence-electron chi connectivity index (χ2n) is 7.15. The average Bonchev–Trinajstić information content (AvgIpc) is 3.09. The van der Waals surface area contributed by atoms with E-state index < -0.39 is 0 Å². The molecular weight excluding hydrogens is 379 g/mol. The van der Waals surface area contributed by atoms with Gasteiger partial charge in [-0.3, -0.25) is 10.5 Å². The Morgan fingerprint density at radius 2 is 1.73 bits per heavy atom. The van der Waals surface area contributed by atoms with Crippen LogP contribution in [0, 0.1) is 5.82 Å². The third-order valence-corrected chi connectivity index (χ3v) is 5.25. The molecule has 0 atom stereocenters. The van der Waals surface area contributed by atoms with Crippen LogP contribution < -0.4 is 11.2 Å². The van der Waals surface area contributed by atoms with Crippen molar-refractivity contribution in [3.8, 4) is 11.3 Å². The zero-order valence-corrected chi connectivity index (χ0v) is 16.0. The molecule has 1 amide bonds. The summed E-state index contributed by atoms with van der Waals surface area (Å²) in [6.07, 6.45) is 0. The number of benzene rings is 3. The van der Waals surface area contributed by atoms with Gasteiger partial charge in [-0.2, -0.15) is 10.1 Å². The van der Waals surface area contributed by atoms with Crippen LogP contribution in [0.4, 0.5) is 4.39 Å². The van der Waals surface area contributed by atoms with Gasteiger partial charge in [-0.15, -0.1) is 0 Å². The lowest BCUT2D eigenvalue weighted by Gasteiger charge is -2.11. The summed E-state index contributed by atoms with van der Waals surface area (Å²) in [7, 11) is 0. The number of carbonyl (C=O) groups excluding carboxylic acids is 1. The second-order valence-corrected chi connectivity index (χ2v) is 7.15. The Morgan fingerprint density at radius 1 is 1.00 bits per heavy atom. The molecule has 5 nitrogen and oxygen atoms in total. The lowest BCUT2D eigenvalue weighted by Crippen LogP contribution is -2.38. The smallest absolute Gasteiger partial charge is 0.285 e. The van der Waals surface area contributed by atoms with E-state index in [1.807, 2.05) is 48.5 Å². The number of hydrazone groups is 1. The van der Waals surface area contributed by atoms with E-state index in [4.69, 9.17) is 5.73 Å². The van der Waals surface area contributed by atoms with Gasteiger partial charge < -0.3 is 0 Å². The summed E-state index contributed by atoms with van der Waals surface area (Å²) >= 11 is 0. The van der Waals surface area contributed by atoms with Gasteiger partial charge in [-0.25, -0.2) is 9.37 Å². The second kappa shape index (κ2) is 7.08. The molecule has 0 bridgehead atoms. The van der Waals surface area contributed by atoms with Gasteiger partial charge in [0.1, 0.15) is 12.4 Å². The first-order valence-electron chi connectivity index (χ1n) is 9.55.